The van der Waals surface area contributed by atoms with Crippen LogP contribution in [-0.4, -0.2) is 4.57 Å². The smallest absolute Gasteiger partial charge is 0.0547 e. The van der Waals surface area contributed by atoms with E-state index in [-0.39, 0.29) is 0 Å². The molecule has 0 saturated carbocycles. The van der Waals surface area contributed by atoms with Crippen LogP contribution in [0.4, 0.5) is 17.1 Å². The van der Waals surface area contributed by atoms with Gasteiger partial charge < -0.3 is 9.47 Å². The van der Waals surface area contributed by atoms with Gasteiger partial charge in [-0.15, -0.1) is 0 Å². The molecule has 0 N–H and O–H groups in total. The fourth-order valence-corrected chi connectivity index (χ4v) is 8.01. The molecule has 0 aliphatic rings. The lowest BCUT2D eigenvalue weighted by atomic mass is 9.97. The lowest BCUT2D eigenvalue weighted by Gasteiger charge is -2.28. The van der Waals surface area contributed by atoms with Gasteiger partial charge in [0.15, 0.2) is 0 Å². The average molecular weight is 663 g/mol. The van der Waals surface area contributed by atoms with Gasteiger partial charge in [0.25, 0.3) is 0 Å². The van der Waals surface area contributed by atoms with E-state index in [0.29, 0.717) is 0 Å². The molecule has 0 fully saturated rings. The lowest BCUT2D eigenvalue weighted by molar-refractivity contribution is 1.18. The Morgan fingerprint density at radius 1 is 0.346 bits per heavy atom. The predicted octanol–water partition coefficient (Wildman–Crippen LogP) is 13.9. The van der Waals surface area contributed by atoms with Crippen LogP contribution >= 0.6 is 0 Å². The third kappa shape index (κ3) is 4.96. The number of anilines is 3. The van der Waals surface area contributed by atoms with Crippen molar-refractivity contribution in [3.05, 3.63) is 206 Å². The Labute approximate surface area is 303 Å². The number of aromatic nitrogens is 1. The van der Waals surface area contributed by atoms with Crippen LogP contribution in [-0.2, 0) is 0 Å². The summed E-state index contributed by atoms with van der Waals surface area (Å²) in [6, 6.07) is 74.7. The van der Waals surface area contributed by atoms with Crippen molar-refractivity contribution in [1.82, 2.24) is 4.57 Å². The quantitative estimate of drug-likeness (QED) is 0.161. The number of nitrogens with zero attached hydrogens (tertiary/aromatic N) is 2. The summed E-state index contributed by atoms with van der Waals surface area (Å²) in [6.07, 6.45) is 0. The molecule has 10 aromatic rings. The number of hydrogen-bond acceptors (Lipinski definition) is 1. The number of para-hydroxylation sites is 1. The van der Waals surface area contributed by atoms with E-state index < -0.39 is 0 Å². The number of fused-ring (bicyclic) bond motifs is 6. The maximum absolute atomic E-state index is 2.46. The molecule has 0 aliphatic carbocycles. The molecular formula is C50H34N2. The molecule has 0 saturated heterocycles. The first kappa shape index (κ1) is 30.0. The number of hydrogen-bond donors (Lipinski definition) is 0. The highest BCUT2D eigenvalue weighted by Gasteiger charge is 2.21. The molecule has 0 amide bonds. The Morgan fingerprint density at radius 3 is 1.75 bits per heavy atom. The second kappa shape index (κ2) is 12.5. The van der Waals surface area contributed by atoms with E-state index in [2.05, 4.69) is 216 Å². The molecule has 1 heterocycles. The Hall–Kier alpha value is -6.90. The van der Waals surface area contributed by atoms with Crippen molar-refractivity contribution in [1.29, 1.82) is 0 Å². The molecule has 2 nitrogen and oxygen atoms in total. The molecule has 0 atom stereocenters. The van der Waals surface area contributed by atoms with Gasteiger partial charge in [-0.1, -0.05) is 152 Å². The van der Waals surface area contributed by atoms with Gasteiger partial charge in [-0.25, -0.2) is 0 Å². The lowest BCUT2D eigenvalue weighted by Crippen LogP contribution is -2.11. The van der Waals surface area contributed by atoms with Gasteiger partial charge in [-0.3, -0.25) is 0 Å². The summed E-state index contributed by atoms with van der Waals surface area (Å²) in [5, 5.41) is 7.39. The third-order valence-electron chi connectivity index (χ3n) is 10.3. The summed E-state index contributed by atoms with van der Waals surface area (Å²) in [5.41, 5.74) is 11.7. The SMILES string of the molecule is c1ccc(-c2cccc(N(c3ccc4c(c3)c3c(-c5ccccc5)cccc3n4-c3ccccc3)c3cc4ccccc4c4ccccc34)c2)cc1. The van der Waals surface area contributed by atoms with Gasteiger partial charge in [0, 0.05) is 33.2 Å². The van der Waals surface area contributed by atoms with Crippen molar-refractivity contribution in [3.63, 3.8) is 0 Å². The van der Waals surface area contributed by atoms with Crippen LogP contribution in [0, 0.1) is 0 Å². The first-order valence-corrected chi connectivity index (χ1v) is 17.9. The van der Waals surface area contributed by atoms with Gasteiger partial charge in [0.1, 0.15) is 0 Å². The standard InChI is InChI=1S/C50H34N2/c1-4-16-35(17-5-1)37-21-14-24-40(32-37)51(49-33-38-20-10-11-25-42(38)44-26-12-13-27-45(44)49)41-30-31-47-46(34-41)50-43(36-18-6-2-7-19-36)28-15-29-48(50)52(47)39-22-8-3-9-23-39/h1-34H. The average Bonchev–Trinajstić information content (AvgIpc) is 3.56. The molecule has 9 aromatic carbocycles. The Morgan fingerprint density at radius 2 is 0.962 bits per heavy atom. The molecule has 2 heteroatoms. The van der Waals surface area contributed by atoms with Gasteiger partial charge in [-0.05, 0) is 93.0 Å². The summed E-state index contributed by atoms with van der Waals surface area (Å²) >= 11 is 0. The highest BCUT2D eigenvalue weighted by molar-refractivity contribution is 6.18. The Kier molecular flexibility index (Phi) is 7.18. The molecule has 0 spiro atoms. The molecular weight excluding hydrogens is 629 g/mol. The van der Waals surface area contributed by atoms with Gasteiger partial charge >= 0.3 is 0 Å². The molecule has 0 unspecified atom stereocenters. The molecule has 0 bridgehead atoms. The Bertz CT molecular complexity index is 2890. The summed E-state index contributed by atoms with van der Waals surface area (Å²) in [6.45, 7) is 0. The third-order valence-corrected chi connectivity index (χ3v) is 10.3. The minimum atomic E-state index is 1.10. The maximum atomic E-state index is 2.46. The topological polar surface area (TPSA) is 8.17 Å². The minimum absolute atomic E-state index is 1.10. The summed E-state index contributed by atoms with van der Waals surface area (Å²) in [7, 11) is 0. The van der Waals surface area contributed by atoms with Crippen LogP contribution in [0.15, 0.2) is 206 Å². The fraction of sp³-hybridized carbons (Fsp3) is 0. The zero-order valence-corrected chi connectivity index (χ0v) is 28.5. The van der Waals surface area contributed by atoms with Crippen LogP contribution in [0.25, 0.3) is 71.3 Å². The van der Waals surface area contributed by atoms with Crippen molar-refractivity contribution < 1.29 is 0 Å². The minimum Gasteiger partial charge on any atom is -0.310 e. The van der Waals surface area contributed by atoms with Crippen LogP contribution in [0.3, 0.4) is 0 Å². The highest BCUT2D eigenvalue weighted by Crippen LogP contribution is 2.46. The van der Waals surface area contributed by atoms with E-state index in [1.165, 1.54) is 65.6 Å². The molecule has 52 heavy (non-hydrogen) atoms. The van der Waals surface area contributed by atoms with E-state index in [1.807, 2.05) is 0 Å². The monoisotopic (exact) mass is 662 g/mol. The summed E-state index contributed by atoms with van der Waals surface area (Å²) in [4.78, 5) is 2.46. The van der Waals surface area contributed by atoms with E-state index in [9.17, 15) is 0 Å². The molecule has 0 radical (unpaired) electrons. The van der Waals surface area contributed by atoms with Crippen molar-refractivity contribution >= 4 is 60.4 Å². The Balaban J connectivity index is 1.30. The zero-order valence-electron chi connectivity index (χ0n) is 28.5. The second-order valence-electron chi connectivity index (χ2n) is 13.4. The number of benzene rings is 9. The van der Waals surface area contributed by atoms with Gasteiger partial charge in [0.2, 0.25) is 0 Å². The van der Waals surface area contributed by atoms with Crippen LogP contribution in [0.2, 0.25) is 0 Å². The van der Waals surface area contributed by atoms with Crippen LogP contribution < -0.4 is 4.90 Å². The predicted molar refractivity (Wildman–Crippen MR) is 221 cm³/mol. The van der Waals surface area contributed by atoms with Crippen LogP contribution in [0.1, 0.15) is 0 Å². The molecule has 244 valence electrons. The fourth-order valence-electron chi connectivity index (χ4n) is 8.01. The first-order valence-electron chi connectivity index (χ1n) is 17.9. The molecule has 10 rings (SSSR count). The normalized spacial score (nSPS) is 11.5. The van der Waals surface area contributed by atoms with E-state index in [4.69, 9.17) is 0 Å². The zero-order chi connectivity index (χ0) is 34.4. The maximum Gasteiger partial charge on any atom is 0.0547 e. The van der Waals surface area contributed by atoms with Crippen molar-refractivity contribution in [2.45, 2.75) is 0 Å². The molecule has 1 aromatic heterocycles. The van der Waals surface area contributed by atoms with E-state index >= 15 is 0 Å². The van der Waals surface area contributed by atoms with Crippen molar-refractivity contribution in [2.24, 2.45) is 0 Å². The van der Waals surface area contributed by atoms with E-state index in [1.54, 1.807) is 0 Å². The largest absolute Gasteiger partial charge is 0.310 e. The molecule has 0 aliphatic heterocycles. The van der Waals surface area contributed by atoms with Gasteiger partial charge in [0.05, 0.1) is 16.7 Å². The summed E-state index contributed by atoms with van der Waals surface area (Å²) in [5.74, 6) is 0. The van der Waals surface area contributed by atoms with E-state index in [0.717, 1.165) is 22.7 Å². The second-order valence-corrected chi connectivity index (χ2v) is 13.4. The van der Waals surface area contributed by atoms with Crippen molar-refractivity contribution in [3.8, 4) is 27.9 Å². The number of rotatable bonds is 6. The summed E-state index contributed by atoms with van der Waals surface area (Å²) < 4.78 is 2.41. The van der Waals surface area contributed by atoms with Gasteiger partial charge in [-0.2, -0.15) is 0 Å². The van der Waals surface area contributed by atoms with Crippen LogP contribution in [0.5, 0.6) is 0 Å². The van der Waals surface area contributed by atoms with Crippen molar-refractivity contribution in [2.75, 3.05) is 4.90 Å². The highest BCUT2D eigenvalue weighted by atomic mass is 15.1. The first-order chi connectivity index (χ1) is 25.8.